The number of rotatable bonds is 2. The number of ketones is 1. The average molecular weight is 169 g/mol. The second-order valence-corrected chi connectivity index (χ2v) is 4.28. The van der Waals surface area contributed by atoms with Crippen molar-refractivity contribution in [2.45, 2.75) is 27.7 Å². The fourth-order valence-corrected chi connectivity index (χ4v) is 1.21. The van der Waals surface area contributed by atoms with Crippen molar-refractivity contribution < 1.29 is 4.79 Å². The van der Waals surface area contributed by atoms with Gasteiger partial charge in [0.1, 0.15) is 0 Å². The molecule has 0 rings (SSSR count). The first-order valence-electron chi connectivity index (χ1n) is 4.15. The summed E-state index contributed by atoms with van der Waals surface area (Å²) in [4.78, 5) is 12.9. The van der Waals surface area contributed by atoms with Gasteiger partial charge in [-0.25, -0.2) is 0 Å². The maximum Gasteiger partial charge on any atom is 0.154 e. The van der Waals surface area contributed by atoms with Crippen LogP contribution in [0.15, 0.2) is 11.8 Å². The van der Waals surface area contributed by atoms with Gasteiger partial charge in [-0.05, 0) is 6.92 Å². The Morgan fingerprint density at radius 3 is 1.75 bits per heavy atom. The number of hydrogen-bond acceptors (Lipinski definition) is 2. The van der Waals surface area contributed by atoms with Gasteiger partial charge in [0.15, 0.2) is 5.78 Å². The summed E-state index contributed by atoms with van der Waals surface area (Å²) in [7, 11) is 3.92. The van der Waals surface area contributed by atoms with Crippen LogP contribution in [0.25, 0.3) is 0 Å². The molecule has 0 bridgehead atoms. The summed E-state index contributed by atoms with van der Waals surface area (Å²) >= 11 is 0. The van der Waals surface area contributed by atoms with Crippen LogP contribution >= 0.6 is 0 Å². The first kappa shape index (κ1) is 11.2. The van der Waals surface area contributed by atoms with E-state index in [2.05, 4.69) is 20.8 Å². The van der Waals surface area contributed by atoms with Gasteiger partial charge in [0, 0.05) is 31.3 Å². The van der Waals surface area contributed by atoms with Crippen LogP contribution < -0.4 is 0 Å². The molecule has 0 aromatic carbocycles. The third-order valence-electron chi connectivity index (χ3n) is 1.59. The number of carbonyl (C=O) groups excluding carboxylic acids is 1. The molecule has 0 aliphatic carbocycles. The maximum absolute atomic E-state index is 10.9. The summed E-state index contributed by atoms with van der Waals surface area (Å²) in [5.74, 6) is 0.105. The molecule has 0 N–H and O–H groups in total. The molecule has 70 valence electrons. The molecule has 0 atom stereocenters. The molecule has 2 heteroatoms. The zero-order valence-electron chi connectivity index (χ0n) is 8.93. The van der Waals surface area contributed by atoms with E-state index in [-0.39, 0.29) is 11.2 Å². The van der Waals surface area contributed by atoms with E-state index in [1.807, 2.05) is 19.0 Å². The highest BCUT2D eigenvalue weighted by atomic mass is 16.1. The summed E-state index contributed by atoms with van der Waals surface area (Å²) in [6.07, 6.45) is 1.69. The molecule has 0 aliphatic heterocycles. The van der Waals surface area contributed by atoms with Crippen LogP contribution in [0.2, 0.25) is 0 Å². The molecule has 12 heavy (non-hydrogen) atoms. The smallest absolute Gasteiger partial charge is 0.154 e. The minimum atomic E-state index is 0.0369. The number of carbonyl (C=O) groups is 1. The van der Waals surface area contributed by atoms with Gasteiger partial charge in [-0.2, -0.15) is 0 Å². The second kappa shape index (κ2) is 3.74. The summed E-state index contributed by atoms with van der Waals surface area (Å²) in [6, 6.07) is 0. The molecule has 0 heterocycles. The van der Waals surface area contributed by atoms with E-state index in [4.69, 9.17) is 0 Å². The van der Waals surface area contributed by atoms with E-state index in [0.29, 0.717) is 0 Å². The van der Waals surface area contributed by atoms with Gasteiger partial charge in [0.25, 0.3) is 0 Å². The fourth-order valence-electron chi connectivity index (χ4n) is 1.21. The predicted octanol–water partition coefficient (Wildman–Crippen LogP) is 2.07. The molecule has 0 saturated carbocycles. The monoisotopic (exact) mass is 169 g/mol. The molecule has 0 aromatic heterocycles. The quantitative estimate of drug-likeness (QED) is 0.590. The molecular formula is C10H19NO. The Hall–Kier alpha value is -0.790. The van der Waals surface area contributed by atoms with Crippen molar-refractivity contribution in [2.75, 3.05) is 14.1 Å². The molecule has 0 saturated heterocycles. The SMILES string of the molecule is CC(=O)/C=C(/N(C)C)C(C)(C)C. The van der Waals surface area contributed by atoms with Crippen molar-refractivity contribution in [3.63, 3.8) is 0 Å². The van der Waals surface area contributed by atoms with Gasteiger partial charge in [-0.15, -0.1) is 0 Å². The van der Waals surface area contributed by atoms with Crippen molar-refractivity contribution in [2.24, 2.45) is 5.41 Å². The average Bonchev–Trinajstić information content (AvgIpc) is 1.79. The van der Waals surface area contributed by atoms with Gasteiger partial charge in [0.2, 0.25) is 0 Å². The summed E-state index contributed by atoms with van der Waals surface area (Å²) in [5, 5.41) is 0. The minimum absolute atomic E-state index is 0.0369. The summed E-state index contributed by atoms with van der Waals surface area (Å²) in [6.45, 7) is 7.88. The second-order valence-electron chi connectivity index (χ2n) is 4.28. The Morgan fingerprint density at radius 2 is 1.67 bits per heavy atom. The third kappa shape index (κ3) is 3.56. The lowest BCUT2D eigenvalue weighted by Gasteiger charge is -2.29. The Labute approximate surface area is 75.3 Å². The molecule has 2 nitrogen and oxygen atoms in total. The Balaban J connectivity index is 4.80. The highest BCUT2D eigenvalue weighted by molar-refractivity contribution is 5.88. The van der Waals surface area contributed by atoms with E-state index in [9.17, 15) is 4.79 Å². The van der Waals surface area contributed by atoms with Crippen molar-refractivity contribution in [1.29, 1.82) is 0 Å². The van der Waals surface area contributed by atoms with Crippen LogP contribution in [0.5, 0.6) is 0 Å². The van der Waals surface area contributed by atoms with Crippen molar-refractivity contribution >= 4 is 5.78 Å². The first-order valence-corrected chi connectivity index (χ1v) is 4.15. The molecule has 0 aliphatic rings. The van der Waals surface area contributed by atoms with Crippen LogP contribution in [0.1, 0.15) is 27.7 Å². The zero-order valence-corrected chi connectivity index (χ0v) is 8.93. The van der Waals surface area contributed by atoms with Gasteiger partial charge < -0.3 is 4.90 Å². The Bertz CT molecular complexity index is 196. The molecule has 0 unspecified atom stereocenters. The molecule has 0 radical (unpaired) electrons. The third-order valence-corrected chi connectivity index (χ3v) is 1.59. The Morgan fingerprint density at radius 1 is 1.25 bits per heavy atom. The largest absolute Gasteiger partial charge is 0.380 e. The lowest BCUT2D eigenvalue weighted by atomic mass is 9.90. The lowest BCUT2D eigenvalue weighted by Crippen LogP contribution is -2.24. The zero-order chi connectivity index (χ0) is 9.94. The van der Waals surface area contributed by atoms with E-state index in [1.54, 1.807) is 13.0 Å². The van der Waals surface area contributed by atoms with E-state index in [1.165, 1.54) is 0 Å². The van der Waals surface area contributed by atoms with Crippen LogP contribution in [-0.4, -0.2) is 24.8 Å². The minimum Gasteiger partial charge on any atom is -0.380 e. The van der Waals surface area contributed by atoms with E-state index in [0.717, 1.165) is 5.70 Å². The van der Waals surface area contributed by atoms with Crippen LogP contribution in [-0.2, 0) is 4.79 Å². The normalized spacial score (nSPS) is 13.0. The standard InChI is InChI=1S/C10H19NO/c1-8(12)7-9(11(5)6)10(2,3)4/h7H,1-6H3/b9-7+. The Kier molecular flexibility index (Phi) is 3.50. The van der Waals surface area contributed by atoms with Gasteiger partial charge >= 0.3 is 0 Å². The van der Waals surface area contributed by atoms with Crippen molar-refractivity contribution in [1.82, 2.24) is 4.90 Å². The number of hydrogen-bond donors (Lipinski definition) is 0. The van der Waals surface area contributed by atoms with Crippen LogP contribution in [0, 0.1) is 5.41 Å². The molecule has 0 fully saturated rings. The van der Waals surface area contributed by atoms with Crippen molar-refractivity contribution in [3.05, 3.63) is 11.8 Å². The highest BCUT2D eigenvalue weighted by Crippen LogP contribution is 2.26. The topological polar surface area (TPSA) is 20.3 Å². The van der Waals surface area contributed by atoms with Gasteiger partial charge in [0.05, 0.1) is 0 Å². The highest BCUT2D eigenvalue weighted by Gasteiger charge is 2.18. The lowest BCUT2D eigenvalue weighted by molar-refractivity contribution is -0.112. The van der Waals surface area contributed by atoms with Gasteiger partial charge in [-0.1, -0.05) is 20.8 Å². The molecular weight excluding hydrogens is 150 g/mol. The molecule has 0 aromatic rings. The number of allylic oxidation sites excluding steroid dienone is 2. The van der Waals surface area contributed by atoms with Crippen LogP contribution in [0.4, 0.5) is 0 Å². The number of nitrogens with zero attached hydrogens (tertiary/aromatic N) is 1. The summed E-state index contributed by atoms with van der Waals surface area (Å²) < 4.78 is 0. The summed E-state index contributed by atoms with van der Waals surface area (Å²) in [5.41, 5.74) is 1.10. The fraction of sp³-hybridized carbons (Fsp3) is 0.700. The maximum atomic E-state index is 10.9. The van der Waals surface area contributed by atoms with E-state index >= 15 is 0 Å². The predicted molar refractivity (Wildman–Crippen MR) is 51.9 cm³/mol. The van der Waals surface area contributed by atoms with Gasteiger partial charge in [-0.3, -0.25) is 4.79 Å². The molecule has 0 amide bonds. The molecule has 0 spiro atoms. The van der Waals surface area contributed by atoms with E-state index < -0.39 is 0 Å². The first-order chi connectivity index (χ1) is 5.25. The van der Waals surface area contributed by atoms with Crippen LogP contribution in [0.3, 0.4) is 0 Å². The van der Waals surface area contributed by atoms with Crippen molar-refractivity contribution in [3.8, 4) is 0 Å².